The molecule has 1 heterocycles. The Hall–Kier alpha value is -1.78. The third-order valence-corrected chi connectivity index (χ3v) is 1.98. The van der Waals surface area contributed by atoms with Crippen LogP contribution in [0.4, 0.5) is 5.82 Å². The van der Waals surface area contributed by atoms with E-state index in [9.17, 15) is 0 Å². The van der Waals surface area contributed by atoms with Gasteiger partial charge in [-0.25, -0.2) is 4.98 Å². The summed E-state index contributed by atoms with van der Waals surface area (Å²) in [4.78, 5) is 10.0. The van der Waals surface area contributed by atoms with Crippen molar-refractivity contribution in [3.8, 4) is 0 Å². The molecule has 1 rings (SSSR count). The lowest BCUT2D eigenvalue weighted by molar-refractivity contribution is 0.894. The van der Waals surface area contributed by atoms with E-state index in [4.69, 9.17) is 5.73 Å². The summed E-state index contributed by atoms with van der Waals surface area (Å²) in [7, 11) is 5.57. The molecule has 0 saturated carbocycles. The number of guanidine groups is 1. The lowest BCUT2D eigenvalue weighted by Crippen LogP contribution is -2.30. The standard InChI is InChI=1S/C10H17N5/c1-12-10(11)14-7-8-4-5-13-9(6-8)15(2)3/h4-6H,7H2,1-3H3,(H3,11,12,14). The fourth-order valence-electron chi connectivity index (χ4n) is 1.09. The van der Waals surface area contributed by atoms with Gasteiger partial charge in [0.05, 0.1) is 0 Å². The minimum absolute atomic E-state index is 0.443. The first-order valence-electron chi connectivity index (χ1n) is 4.72. The number of pyridine rings is 1. The Morgan fingerprint density at radius 2 is 2.33 bits per heavy atom. The maximum atomic E-state index is 5.53. The van der Waals surface area contributed by atoms with Crippen LogP contribution in [0.5, 0.6) is 0 Å². The Kier molecular flexibility index (Phi) is 3.91. The van der Waals surface area contributed by atoms with E-state index >= 15 is 0 Å². The topological polar surface area (TPSA) is 66.5 Å². The molecule has 0 unspecified atom stereocenters. The lowest BCUT2D eigenvalue weighted by Gasteiger charge is -2.12. The first-order valence-corrected chi connectivity index (χ1v) is 4.72. The molecule has 5 nitrogen and oxygen atoms in total. The second-order valence-corrected chi connectivity index (χ2v) is 3.38. The van der Waals surface area contributed by atoms with Crippen molar-refractivity contribution in [3.05, 3.63) is 23.9 Å². The Bertz CT molecular complexity index is 345. The van der Waals surface area contributed by atoms with Gasteiger partial charge in [0, 0.05) is 33.9 Å². The number of nitrogens with zero attached hydrogens (tertiary/aromatic N) is 3. The average molecular weight is 207 g/mol. The zero-order chi connectivity index (χ0) is 11.3. The van der Waals surface area contributed by atoms with Crippen molar-refractivity contribution in [2.24, 2.45) is 10.7 Å². The van der Waals surface area contributed by atoms with E-state index in [1.165, 1.54) is 0 Å². The summed E-state index contributed by atoms with van der Waals surface area (Å²) in [5, 5.41) is 3.00. The second kappa shape index (κ2) is 5.19. The minimum Gasteiger partial charge on any atom is -0.370 e. The zero-order valence-electron chi connectivity index (χ0n) is 9.36. The van der Waals surface area contributed by atoms with E-state index in [0.717, 1.165) is 11.4 Å². The number of anilines is 1. The van der Waals surface area contributed by atoms with Gasteiger partial charge in [0.25, 0.3) is 0 Å². The Morgan fingerprint density at radius 1 is 1.60 bits per heavy atom. The molecule has 15 heavy (non-hydrogen) atoms. The summed E-state index contributed by atoms with van der Waals surface area (Å²) in [6.07, 6.45) is 1.78. The minimum atomic E-state index is 0.443. The van der Waals surface area contributed by atoms with Crippen LogP contribution >= 0.6 is 0 Å². The highest BCUT2D eigenvalue weighted by molar-refractivity contribution is 5.77. The van der Waals surface area contributed by atoms with Crippen LogP contribution < -0.4 is 16.0 Å². The summed E-state index contributed by atoms with van der Waals surface area (Å²) in [5.74, 6) is 1.37. The molecule has 0 saturated heterocycles. The Labute approximate surface area is 90.0 Å². The summed E-state index contributed by atoms with van der Waals surface area (Å²) >= 11 is 0. The molecular weight excluding hydrogens is 190 g/mol. The van der Waals surface area contributed by atoms with Crippen LogP contribution in [-0.2, 0) is 6.54 Å². The molecule has 1 aromatic rings. The van der Waals surface area contributed by atoms with Gasteiger partial charge in [0.15, 0.2) is 5.96 Å². The van der Waals surface area contributed by atoms with E-state index in [-0.39, 0.29) is 0 Å². The molecule has 82 valence electrons. The molecular formula is C10H17N5. The second-order valence-electron chi connectivity index (χ2n) is 3.38. The van der Waals surface area contributed by atoms with Gasteiger partial charge in [-0.2, -0.15) is 0 Å². The first-order chi connectivity index (χ1) is 7.13. The van der Waals surface area contributed by atoms with Gasteiger partial charge in [0.1, 0.15) is 5.82 Å². The Balaban J connectivity index is 2.66. The first kappa shape index (κ1) is 11.3. The van der Waals surface area contributed by atoms with Gasteiger partial charge in [-0.3, -0.25) is 4.99 Å². The average Bonchev–Trinajstić information content (AvgIpc) is 2.26. The maximum absolute atomic E-state index is 5.53. The largest absolute Gasteiger partial charge is 0.370 e. The van der Waals surface area contributed by atoms with Crippen LogP contribution in [0, 0.1) is 0 Å². The van der Waals surface area contributed by atoms with Crippen LogP contribution in [0.15, 0.2) is 23.3 Å². The van der Waals surface area contributed by atoms with Crippen molar-refractivity contribution in [1.29, 1.82) is 0 Å². The molecule has 0 aliphatic heterocycles. The number of hydrogen-bond donors (Lipinski definition) is 2. The van der Waals surface area contributed by atoms with Gasteiger partial charge < -0.3 is 16.0 Å². The molecule has 0 spiro atoms. The molecule has 0 radical (unpaired) electrons. The van der Waals surface area contributed by atoms with E-state index in [2.05, 4.69) is 15.3 Å². The normalized spacial score (nSPS) is 11.3. The molecule has 0 amide bonds. The van der Waals surface area contributed by atoms with Crippen LogP contribution in [0.1, 0.15) is 5.56 Å². The summed E-state index contributed by atoms with van der Waals surface area (Å²) in [6, 6.07) is 3.96. The quantitative estimate of drug-likeness (QED) is 0.548. The number of nitrogens with one attached hydrogen (secondary N) is 1. The van der Waals surface area contributed by atoms with Gasteiger partial charge >= 0.3 is 0 Å². The monoisotopic (exact) mass is 207 g/mol. The number of hydrogen-bond acceptors (Lipinski definition) is 3. The van der Waals surface area contributed by atoms with Crippen molar-refractivity contribution < 1.29 is 0 Å². The van der Waals surface area contributed by atoms with E-state index in [0.29, 0.717) is 12.5 Å². The summed E-state index contributed by atoms with van der Waals surface area (Å²) in [5.41, 5.74) is 6.66. The van der Waals surface area contributed by atoms with Crippen molar-refractivity contribution in [2.45, 2.75) is 6.54 Å². The van der Waals surface area contributed by atoms with Crippen LogP contribution in [0.3, 0.4) is 0 Å². The summed E-state index contributed by atoms with van der Waals surface area (Å²) < 4.78 is 0. The van der Waals surface area contributed by atoms with E-state index < -0.39 is 0 Å². The summed E-state index contributed by atoms with van der Waals surface area (Å²) in [6.45, 7) is 0.659. The van der Waals surface area contributed by atoms with Crippen molar-refractivity contribution >= 4 is 11.8 Å². The van der Waals surface area contributed by atoms with Crippen LogP contribution in [-0.4, -0.2) is 32.1 Å². The zero-order valence-corrected chi connectivity index (χ0v) is 9.36. The number of aliphatic imine (C=N–C) groups is 1. The van der Waals surface area contributed by atoms with E-state index in [1.54, 1.807) is 13.2 Å². The molecule has 1 aromatic heterocycles. The molecule has 5 heteroatoms. The molecule has 0 aromatic carbocycles. The predicted octanol–water partition coefficient (Wildman–Crippen LogP) is 0.182. The molecule has 0 atom stereocenters. The fourth-order valence-corrected chi connectivity index (χ4v) is 1.09. The number of nitrogens with two attached hydrogens (primary N) is 1. The SMILES string of the molecule is CN=C(N)NCc1ccnc(N(C)C)c1. The van der Waals surface area contributed by atoms with Crippen molar-refractivity contribution in [1.82, 2.24) is 10.3 Å². The van der Waals surface area contributed by atoms with Gasteiger partial charge in [-0.1, -0.05) is 0 Å². The lowest BCUT2D eigenvalue weighted by atomic mass is 10.2. The highest BCUT2D eigenvalue weighted by atomic mass is 15.1. The smallest absolute Gasteiger partial charge is 0.188 e. The fraction of sp³-hybridized carbons (Fsp3) is 0.400. The van der Waals surface area contributed by atoms with Gasteiger partial charge in [-0.15, -0.1) is 0 Å². The highest BCUT2D eigenvalue weighted by Gasteiger charge is 1.99. The highest BCUT2D eigenvalue weighted by Crippen LogP contribution is 2.08. The number of aromatic nitrogens is 1. The molecule has 0 bridgehead atoms. The van der Waals surface area contributed by atoms with Gasteiger partial charge in [0.2, 0.25) is 0 Å². The third kappa shape index (κ3) is 3.46. The number of rotatable bonds is 3. The van der Waals surface area contributed by atoms with Crippen molar-refractivity contribution in [2.75, 3.05) is 26.0 Å². The predicted molar refractivity (Wildman–Crippen MR) is 63.0 cm³/mol. The molecule has 3 N–H and O–H groups in total. The third-order valence-electron chi connectivity index (χ3n) is 1.98. The molecule has 0 aliphatic carbocycles. The Morgan fingerprint density at radius 3 is 2.93 bits per heavy atom. The van der Waals surface area contributed by atoms with Crippen LogP contribution in [0.25, 0.3) is 0 Å². The molecule has 0 aliphatic rings. The van der Waals surface area contributed by atoms with Gasteiger partial charge in [-0.05, 0) is 17.7 Å². The van der Waals surface area contributed by atoms with Crippen molar-refractivity contribution in [3.63, 3.8) is 0 Å². The van der Waals surface area contributed by atoms with E-state index in [1.807, 2.05) is 31.1 Å². The molecule has 0 fully saturated rings. The van der Waals surface area contributed by atoms with Crippen LogP contribution in [0.2, 0.25) is 0 Å². The maximum Gasteiger partial charge on any atom is 0.188 e.